The number of nitrogens with one attached hydrogen (secondary N) is 1. The lowest BCUT2D eigenvalue weighted by molar-refractivity contribution is 0.0507. The number of ether oxygens (including phenoxy) is 8. The molecule has 0 aromatic heterocycles. The molecular formula is C30H35NO9. The molecule has 4 rings (SSSR count). The van der Waals surface area contributed by atoms with Crippen molar-refractivity contribution in [1.82, 2.24) is 5.48 Å². The molecule has 1 aliphatic rings. The molecule has 1 aliphatic heterocycles. The molecule has 0 saturated heterocycles. The van der Waals surface area contributed by atoms with Crippen molar-refractivity contribution < 1.29 is 42.7 Å². The van der Waals surface area contributed by atoms with Crippen molar-refractivity contribution in [3.63, 3.8) is 0 Å². The summed E-state index contributed by atoms with van der Waals surface area (Å²) in [6.07, 6.45) is 1.52. The number of hydroxylamine groups is 1. The Kier molecular flexibility index (Phi) is 9.34. The van der Waals surface area contributed by atoms with E-state index < -0.39 is 6.10 Å². The van der Waals surface area contributed by atoms with Crippen molar-refractivity contribution in [2.24, 2.45) is 0 Å². The number of methoxy groups -OCH3 is 6. The first-order valence-corrected chi connectivity index (χ1v) is 12.6. The fourth-order valence-electron chi connectivity index (χ4n) is 4.30. The Bertz CT molecular complexity index is 1300. The second kappa shape index (κ2) is 13.1. The summed E-state index contributed by atoms with van der Waals surface area (Å²) in [5, 5.41) is 0. The first kappa shape index (κ1) is 28.6. The average molecular weight is 554 g/mol. The van der Waals surface area contributed by atoms with Gasteiger partial charge in [-0.2, -0.15) is 0 Å². The minimum atomic E-state index is -0.428. The van der Waals surface area contributed by atoms with Crippen LogP contribution in [-0.2, 0) is 4.84 Å². The molecule has 0 fully saturated rings. The summed E-state index contributed by atoms with van der Waals surface area (Å²) in [6, 6.07) is 13.2. The summed E-state index contributed by atoms with van der Waals surface area (Å²) < 4.78 is 45.0. The highest BCUT2D eigenvalue weighted by Gasteiger charge is 2.25. The first-order chi connectivity index (χ1) is 19.5. The van der Waals surface area contributed by atoms with Gasteiger partial charge in [0.25, 0.3) is 0 Å². The highest BCUT2D eigenvalue weighted by molar-refractivity contribution is 5.71. The van der Waals surface area contributed by atoms with Crippen molar-refractivity contribution in [3.05, 3.63) is 65.2 Å². The molecule has 0 radical (unpaired) electrons. The molecule has 1 N–H and O–H groups in total. The van der Waals surface area contributed by atoms with Gasteiger partial charge in [-0.15, -0.1) is 0 Å². The zero-order chi connectivity index (χ0) is 28.6. The van der Waals surface area contributed by atoms with E-state index in [1.165, 1.54) is 0 Å². The maximum Gasteiger partial charge on any atom is 0.203 e. The summed E-state index contributed by atoms with van der Waals surface area (Å²) >= 11 is 0. The molecule has 1 unspecified atom stereocenters. The number of benzene rings is 3. The lowest BCUT2D eigenvalue weighted by Gasteiger charge is -2.18. The number of hydrogen-bond acceptors (Lipinski definition) is 10. The lowest BCUT2D eigenvalue weighted by Crippen LogP contribution is -2.11. The van der Waals surface area contributed by atoms with Gasteiger partial charge in [-0.3, -0.25) is 10.3 Å². The molecule has 40 heavy (non-hydrogen) atoms. The Hall–Kier alpha value is -4.44. The summed E-state index contributed by atoms with van der Waals surface area (Å²) in [7, 11) is 9.47. The van der Waals surface area contributed by atoms with E-state index in [1.54, 1.807) is 42.7 Å². The van der Waals surface area contributed by atoms with Crippen LogP contribution in [0.3, 0.4) is 0 Å². The van der Waals surface area contributed by atoms with Crippen LogP contribution in [0, 0.1) is 6.92 Å². The summed E-state index contributed by atoms with van der Waals surface area (Å²) in [5.74, 6) is 4.37. The van der Waals surface area contributed by atoms with Crippen molar-refractivity contribution in [3.8, 4) is 46.0 Å². The van der Waals surface area contributed by atoms with Crippen LogP contribution in [0.5, 0.6) is 46.0 Å². The molecular weight excluding hydrogens is 518 g/mol. The molecule has 3 aromatic rings. The van der Waals surface area contributed by atoms with Crippen LogP contribution in [-0.4, -0.2) is 55.9 Å². The van der Waals surface area contributed by atoms with E-state index >= 15 is 0 Å². The Morgan fingerprint density at radius 2 is 1.20 bits per heavy atom. The second-order valence-electron chi connectivity index (χ2n) is 8.74. The van der Waals surface area contributed by atoms with Crippen molar-refractivity contribution in [1.29, 1.82) is 0 Å². The molecule has 3 aromatic carbocycles. The van der Waals surface area contributed by atoms with Gasteiger partial charge in [-0.1, -0.05) is 6.07 Å². The smallest absolute Gasteiger partial charge is 0.203 e. The van der Waals surface area contributed by atoms with Gasteiger partial charge in [0.1, 0.15) is 19.3 Å². The van der Waals surface area contributed by atoms with Gasteiger partial charge in [0.15, 0.2) is 34.5 Å². The largest absolute Gasteiger partial charge is 0.493 e. The average Bonchev–Trinajstić information content (AvgIpc) is 3.48. The number of aryl methyl sites for hydroxylation is 1. The van der Waals surface area contributed by atoms with E-state index in [0.29, 0.717) is 52.6 Å². The van der Waals surface area contributed by atoms with Crippen LogP contribution in [0.15, 0.2) is 48.5 Å². The molecule has 0 spiro atoms. The van der Waals surface area contributed by atoms with Crippen LogP contribution >= 0.6 is 0 Å². The predicted octanol–water partition coefficient (Wildman–Crippen LogP) is 5.12. The minimum absolute atomic E-state index is 0.260. The SMILES string of the molecule is COc1ccc(C)cc1OCCOc1c(OC)cc(C2C=C(c3cc(OC)c(OC)c(OC)c3)NO2)cc1OC. The van der Waals surface area contributed by atoms with E-state index in [2.05, 4.69) is 5.48 Å². The minimum Gasteiger partial charge on any atom is -0.493 e. The van der Waals surface area contributed by atoms with Gasteiger partial charge in [0.2, 0.25) is 11.5 Å². The van der Waals surface area contributed by atoms with Crippen LogP contribution < -0.4 is 43.4 Å². The van der Waals surface area contributed by atoms with Gasteiger partial charge in [0.05, 0.1) is 48.4 Å². The quantitative estimate of drug-likeness (QED) is 0.287. The summed E-state index contributed by atoms with van der Waals surface area (Å²) in [5.41, 5.74) is 6.41. The summed E-state index contributed by atoms with van der Waals surface area (Å²) in [4.78, 5) is 5.89. The predicted molar refractivity (Wildman–Crippen MR) is 149 cm³/mol. The molecule has 0 bridgehead atoms. The molecule has 0 amide bonds. The zero-order valence-corrected chi connectivity index (χ0v) is 23.8. The van der Waals surface area contributed by atoms with Gasteiger partial charge in [-0.05, 0) is 60.5 Å². The Morgan fingerprint density at radius 3 is 1.77 bits per heavy atom. The second-order valence-corrected chi connectivity index (χ2v) is 8.74. The van der Waals surface area contributed by atoms with E-state index in [1.807, 2.05) is 55.5 Å². The number of rotatable bonds is 13. The zero-order valence-electron chi connectivity index (χ0n) is 23.8. The third-order valence-corrected chi connectivity index (χ3v) is 6.31. The summed E-state index contributed by atoms with van der Waals surface area (Å²) in [6.45, 7) is 2.55. The van der Waals surface area contributed by atoms with Gasteiger partial charge < -0.3 is 37.9 Å². The van der Waals surface area contributed by atoms with E-state index in [0.717, 1.165) is 22.4 Å². The number of hydrogen-bond donors (Lipinski definition) is 1. The molecule has 0 saturated carbocycles. The monoisotopic (exact) mass is 553 g/mol. The van der Waals surface area contributed by atoms with Gasteiger partial charge in [0, 0.05) is 5.56 Å². The van der Waals surface area contributed by atoms with E-state index in [-0.39, 0.29) is 6.61 Å². The van der Waals surface area contributed by atoms with Crippen molar-refractivity contribution in [2.75, 3.05) is 55.9 Å². The standard InChI is InChI=1S/C30H35NO9/c1-18-8-9-22(32-2)24(12-18)38-10-11-39-30-27(35-5)15-20(16-28(30)36-6)23-17-21(31-40-23)19-13-25(33-3)29(37-7)26(14-19)34-4/h8-9,12-17,23,31H,10-11H2,1-7H3. The highest BCUT2D eigenvalue weighted by atomic mass is 16.7. The molecule has 10 nitrogen and oxygen atoms in total. The Labute approximate surface area is 234 Å². The van der Waals surface area contributed by atoms with Crippen molar-refractivity contribution >= 4 is 5.70 Å². The van der Waals surface area contributed by atoms with Gasteiger partial charge in [-0.25, -0.2) is 0 Å². The lowest BCUT2D eigenvalue weighted by atomic mass is 10.0. The molecule has 1 atom stereocenters. The van der Waals surface area contributed by atoms with E-state index in [9.17, 15) is 0 Å². The van der Waals surface area contributed by atoms with Crippen LogP contribution in [0.2, 0.25) is 0 Å². The third kappa shape index (κ3) is 6.07. The van der Waals surface area contributed by atoms with Gasteiger partial charge >= 0.3 is 0 Å². The first-order valence-electron chi connectivity index (χ1n) is 12.6. The molecule has 214 valence electrons. The Morgan fingerprint density at radius 1 is 0.625 bits per heavy atom. The Balaban J connectivity index is 1.52. The van der Waals surface area contributed by atoms with Crippen LogP contribution in [0.1, 0.15) is 22.8 Å². The molecule has 1 heterocycles. The molecule has 10 heteroatoms. The highest BCUT2D eigenvalue weighted by Crippen LogP contribution is 2.44. The maximum atomic E-state index is 6.03. The topological polar surface area (TPSA) is 95.1 Å². The van der Waals surface area contributed by atoms with Crippen LogP contribution in [0.25, 0.3) is 5.70 Å². The van der Waals surface area contributed by atoms with E-state index in [4.69, 9.17) is 42.7 Å². The maximum absolute atomic E-state index is 6.03. The third-order valence-electron chi connectivity index (χ3n) is 6.31. The van der Waals surface area contributed by atoms with Crippen LogP contribution in [0.4, 0.5) is 0 Å². The fourth-order valence-corrected chi connectivity index (χ4v) is 4.30. The van der Waals surface area contributed by atoms with Crippen molar-refractivity contribution in [2.45, 2.75) is 13.0 Å². The normalized spacial score (nSPS) is 14.1. The molecule has 0 aliphatic carbocycles. The fraction of sp³-hybridized carbons (Fsp3) is 0.333.